The Bertz CT molecular complexity index is 1140. The smallest absolute Gasteiger partial charge is 0.269 e. The average Bonchev–Trinajstić information content (AvgIpc) is 3.27. The summed E-state index contributed by atoms with van der Waals surface area (Å²) in [6.45, 7) is 0.939. The number of hydrazine groups is 1. The van der Waals surface area contributed by atoms with E-state index in [0.29, 0.717) is 35.4 Å². The Morgan fingerprint density at radius 1 is 1.03 bits per heavy atom. The number of carbonyl (C=O) groups is 2. The van der Waals surface area contributed by atoms with Crippen LogP contribution in [-0.2, 0) is 16.1 Å². The van der Waals surface area contributed by atoms with Crippen LogP contribution in [0.1, 0.15) is 10.4 Å². The van der Waals surface area contributed by atoms with E-state index >= 15 is 0 Å². The van der Waals surface area contributed by atoms with E-state index in [4.69, 9.17) is 14.2 Å². The monoisotopic (exact) mass is 488 g/mol. The number of aromatic nitrogens is 2. The molecule has 0 aliphatic carbocycles. The number of ether oxygens (including phenoxy) is 3. The zero-order valence-electron chi connectivity index (χ0n) is 19.0. The van der Waals surface area contributed by atoms with Gasteiger partial charge in [0.25, 0.3) is 5.91 Å². The SMILES string of the molecule is COCCn1c(-c2ccc(F)cc2)cnc1SCC(=O)NNC(=O)c1ccc(OC)c(OC)c1. The first-order valence-corrected chi connectivity index (χ1v) is 11.2. The van der Waals surface area contributed by atoms with Crippen molar-refractivity contribution >= 4 is 23.6 Å². The molecule has 2 N–H and O–H groups in total. The molecular formula is C23H25FN4O5S. The van der Waals surface area contributed by atoms with Crippen molar-refractivity contribution < 1.29 is 28.2 Å². The summed E-state index contributed by atoms with van der Waals surface area (Å²) in [6.07, 6.45) is 1.67. The second-order valence-corrected chi connectivity index (χ2v) is 7.88. The maximum atomic E-state index is 13.3. The lowest BCUT2D eigenvalue weighted by Crippen LogP contribution is -2.42. The fourth-order valence-corrected chi connectivity index (χ4v) is 3.87. The number of hydrogen-bond acceptors (Lipinski definition) is 7. The van der Waals surface area contributed by atoms with Crippen molar-refractivity contribution in [1.82, 2.24) is 20.4 Å². The molecule has 2 aromatic carbocycles. The van der Waals surface area contributed by atoms with Crippen LogP contribution < -0.4 is 20.3 Å². The number of nitrogens with zero attached hydrogens (tertiary/aromatic N) is 2. The van der Waals surface area contributed by atoms with Gasteiger partial charge in [-0.15, -0.1) is 0 Å². The van der Waals surface area contributed by atoms with E-state index in [2.05, 4.69) is 15.8 Å². The molecule has 9 nitrogen and oxygen atoms in total. The van der Waals surface area contributed by atoms with Gasteiger partial charge >= 0.3 is 0 Å². The predicted octanol–water partition coefficient (Wildman–Crippen LogP) is 2.91. The molecule has 0 fully saturated rings. The molecule has 0 aliphatic heterocycles. The van der Waals surface area contributed by atoms with Gasteiger partial charge in [-0.2, -0.15) is 0 Å². The first-order valence-electron chi connectivity index (χ1n) is 10.2. The summed E-state index contributed by atoms with van der Waals surface area (Å²) < 4.78 is 30.7. The minimum absolute atomic E-state index is 0.0130. The van der Waals surface area contributed by atoms with Crippen molar-refractivity contribution in [2.24, 2.45) is 0 Å². The van der Waals surface area contributed by atoms with Crippen LogP contribution in [0.5, 0.6) is 11.5 Å². The number of benzene rings is 2. The van der Waals surface area contributed by atoms with Crippen LogP contribution in [0.3, 0.4) is 0 Å². The van der Waals surface area contributed by atoms with E-state index in [1.165, 1.54) is 44.2 Å². The summed E-state index contributed by atoms with van der Waals surface area (Å²) in [4.78, 5) is 29.1. The number of hydrogen-bond donors (Lipinski definition) is 2. The van der Waals surface area contributed by atoms with E-state index in [-0.39, 0.29) is 11.6 Å². The third-order valence-corrected chi connectivity index (χ3v) is 5.76. The molecule has 0 bridgehead atoms. The maximum absolute atomic E-state index is 13.3. The highest BCUT2D eigenvalue weighted by Crippen LogP contribution is 2.28. The van der Waals surface area contributed by atoms with Gasteiger partial charge in [0, 0.05) is 19.2 Å². The molecule has 34 heavy (non-hydrogen) atoms. The molecule has 3 aromatic rings. The maximum Gasteiger partial charge on any atom is 0.269 e. The van der Waals surface area contributed by atoms with Gasteiger partial charge in [-0.3, -0.25) is 20.4 Å². The van der Waals surface area contributed by atoms with Crippen LogP contribution in [0.2, 0.25) is 0 Å². The minimum atomic E-state index is -0.500. The molecule has 0 radical (unpaired) electrons. The molecule has 0 saturated heterocycles. The number of imidazole rings is 1. The van der Waals surface area contributed by atoms with Crippen molar-refractivity contribution in [3.8, 4) is 22.8 Å². The summed E-state index contributed by atoms with van der Waals surface area (Å²) in [5, 5.41) is 0.595. The highest BCUT2D eigenvalue weighted by molar-refractivity contribution is 7.99. The molecule has 0 unspecified atom stereocenters. The molecule has 2 amide bonds. The van der Waals surface area contributed by atoms with E-state index in [1.54, 1.807) is 37.6 Å². The molecule has 0 saturated carbocycles. The Kier molecular flexibility index (Phi) is 8.88. The summed E-state index contributed by atoms with van der Waals surface area (Å²) in [5.74, 6) is -0.338. The minimum Gasteiger partial charge on any atom is -0.493 e. The predicted molar refractivity (Wildman–Crippen MR) is 125 cm³/mol. The number of methoxy groups -OCH3 is 3. The standard InChI is InChI=1S/C23H25FN4O5S/c1-31-11-10-28-18(15-4-7-17(24)8-5-15)13-25-23(28)34-14-21(29)26-27-22(30)16-6-9-19(32-2)20(12-16)33-3/h4-9,12-13H,10-11,14H2,1-3H3,(H,26,29)(H,27,30). The lowest BCUT2D eigenvalue weighted by atomic mass is 10.1. The Labute approximate surface area is 200 Å². The highest BCUT2D eigenvalue weighted by atomic mass is 32.2. The van der Waals surface area contributed by atoms with E-state index < -0.39 is 11.8 Å². The van der Waals surface area contributed by atoms with Gasteiger partial charge in [-0.05, 0) is 48.0 Å². The number of carbonyl (C=O) groups excluding carboxylic acids is 2. The molecule has 11 heteroatoms. The first kappa shape index (κ1) is 25.1. The van der Waals surface area contributed by atoms with Crippen LogP contribution in [0.15, 0.2) is 53.8 Å². The van der Waals surface area contributed by atoms with Gasteiger partial charge in [-0.25, -0.2) is 9.37 Å². The molecule has 1 aromatic heterocycles. The van der Waals surface area contributed by atoms with Crippen LogP contribution in [0.25, 0.3) is 11.3 Å². The fourth-order valence-electron chi connectivity index (χ4n) is 3.07. The van der Waals surface area contributed by atoms with Crippen molar-refractivity contribution in [2.45, 2.75) is 11.7 Å². The van der Waals surface area contributed by atoms with Crippen molar-refractivity contribution in [1.29, 1.82) is 0 Å². The van der Waals surface area contributed by atoms with Crippen molar-refractivity contribution in [3.05, 3.63) is 60.0 Å². The van der Waals surface area contributed by atoms with Gasteiger partial charge in [-0.1, -0.05) is 11.8 Å². The average molecular weight is 489 g/mol. The molecule has 1 heterocycles. The Morgan fingerprint density at radius 2 is 1.76 bits per heavy atom. The van der Waals surface area contributed by atoms with Crippen LogP contribution in [0.4, 0.5) is 4.39 Å². The fraction of sp³-hybridized carbons (Fsp3) is 0.261. The zero-order chi connectivity index (χ0) is 24.5. The van der Waals surface area contributed by atoms with E-state index in [0.717, 1.165) is 11.3 Å². The van der Waals surface area contributed by atoms with E-state index in [9.17, 15) is 14.0 Å². The number of amides is 2. The van der Waals surface area contributed by atoms with Gasteiger partial charge in [0.05, 0.1) is 38.5 Å². The molecule has 180 valence electrons. The topological polar surface area (TPSA) is 104 Å². The molecular weight excluding hydrogens is 463 g/mol. The Balaban J connectivity index is 1.61. The second kappa shape index (κ2) is 12.1. The van der Waals surface area contributed by atoms with Crippen molar-refractivity contribution in [2.75, 3.05) is 33.7 Å². The Hall–Kier alpha value is -3.57. The first-order chi connectivity index (χ1) is 16.5. The van der Waals surface area contributed by atoms with Gasteiger partial charge in [0.1, 0.15) is 5.82 Å². The van der Waals surface area contributed by atoms with Crippen LogP contribution in [0, 0.1) is 5.82 Å². The molecule has 3 rings (SSSR count). The largest absolute Gasteiger partial charge is 0.493 e. The quantitative estimate of drug-likeness (QED) is 0.334. The van der Waals surface area contributed by atoms with Gasteiger partial charge in [0.15, 0.2) is 16.7 Å². The number of halogens is 1. The van der Waals surface area contributed by atoms with E-state index in [1.807, 2.05) is 4.57 Å². The number of thioether (sulfide) groups is 1. The number of rotatable bonds is 10. The molecule has 0 atom stereocenters. The summed E-state index contributed by atoms with van der Waals surface area (Å²) in [6, 6.07) is 10.8. The van der Waals surface area contributed by atoms with Gasteiger partial charge in [0.2, 0.25) is 5.91 Å². The molecule has 0 aliphatic rings. The van der Waals surface area contributed by atoms with Crippen molar-refractivity contribution in [3.63, 3.8) is 0 Å². The lowest BCUT2D eigenvalue weighted by Gasteiger charge is -2.12. The second-order valence-electron chi connectivity index (χ2n) is 6.94. The number of nitrogens with one attached hydrogen (secondary N) is 2. The van der Waals surface area contributed by atoms with Crippen LogP contribution in [-0.4, -0.2) is 55.1 Å². The summed E-state index contributed by atoms with van der Waals surface area (Å²) in [7, 11) is 4.56. The summed E-state index contributed by atoms with van der Waals surface area (Å²) >= 11 is 1.21. The lowest BCUT2D eigenvalue weighted by molar-refractivity contribution is -0.119. The third kappa shape index (κ3) is 6.27. The van der Waals surface area contributed by atoms with Crippen LogP contribution >= 0.6 is 11.8 Å². The highest BCUT2D eigenvalue weighted by Gasteiger charge is 2.15. The van der Waals surface area contributed by atoms with Gasteiger partial charge < -0.3 is 18.8 Å². The summed E-state index contributed by atoms with van der Waals surface area (Å²) in [5.41, 5.74) is 6.64. The normalized spacial score (nSPS) is 10.6. The Morgan fingerprint density at radius 3 is 2.44 bits per heavy atom. The zero-order valence-corrected chi connectivity index (χ0v) is 19.8. The molecule has 0 spiro atoms. The third-order valence-electron chi connectivity index (χ3n) is 4.77.